The molecule has 0 aromatic heterocycles. The molecule has 2 rings (SSSR count). The van der Waals surface area contributed by atoms with Crippen LogP contribution in [-0.4, -0.2) is 24.0 Å². The standard InChI is InChI=1S/C18H24ClNO3/c1-11-6-4-9-16(12(11)2)20-17(21)13(3)23-18(22)14-7-5-8-15(19)10-14/h5,7-8,10-13,16H,4,6,9H2,1-3H3,(H,20,21)/t11-,12-,13-,16+/m1/s1. The van der Waals surface area contributed by atoms with Crippen molar-refractivity contribution in [3.8, 4) is 0 Å². The largest absolute Gasteiger partial charge is 0.449 e. The van der Waals surface area contributed by atoms with Crippen LogP contribution in [-0.2, 0) is 9.53 Å². The lowest BCUT2D eigenvalue weighted by atomic mass is 9.78. The van der Waals surface area contributed by atoms with E-state index in [1.54, 1.807) is 25.1 Å². The topological polar surface area (TPSA) is 55.4 Å². The molecule has 4 nitrogen and oxygen atoms in total. The molecule has 1 aliphatic carbocycles. The highest BCUT2D eigenvalue weighted by Gasteiger charge is 2.30. The fourth-order valence-corrected chi connectivity index (χ4v) is 3.17. The van der Waals surface area contributed by atoms with Crippen molar-refractivity contribution in [3.05, 3.63) is 34.9 Å². The monoisotopic (exact) mass is 337 g/mol. The van der Waals surface area contributed by atoms with Gasteiger partial charge in [-0.05, 0) is 43.4 Å². The summed E-state index contributed by atoms with van der Waals surface area (Å²) in [5.41, 5.74) is 0.344. The number of halogens is 1. The first-order valence-electron chi connectivity index (χ1n) is 8.15. The molecule has 0 unspecified atom stereocenters. The number of nitrogens with one attached hydrogen (secondary N) is 1. The lowest BCUT2D eigenvalue weighted by molar-refractivity contribution is -0.130. The van der Waals surface area contributed by atoms with Gasteiger partial charge in [0, 0.05) is 11.1 Å². The van der Waals surface area contributed by atoms with Crippen LogP contribution in [0.2, 0.25) is 5.02 Å². The summed E-state index contributed by atoms with van der Waals surface area (Å²) in [6.07, 6.45) is 2.47. The fraction of sp³-hybridized carbons (Fsp3) is 0.556. The van der Waals surface area contributed by atoms with Crippen LogP contribution in [0.5, 0.6) is 0 Å². The Bertz CT molecular complexity index is 575. The number of esters is 1. The number of rotatable bonds is 4. The van der Waals surface area contributed by atoms with E-state index in [4.69, 9.17) is 16.3 Å². The normalized spacial score (nSPS) is 25.5. The van der Waals surface area contributed by atoms with Crippen LogP contribution in [0.15, 0.2) is 24.3 Å². The Morgan fingerprint density at radius 3 is 2.74 bits per heavy atom. The maximum atomic E-state index is 12.3. The number of ether oxygens (including phenoxy) is 1. The van der Waals surface area contributed by atoms with Crippen molar-refractivity contribution in [3.63, 3.8) is 0 Å². The van der Waals surface area contributed by atoms with Crippen LogP contribution >= 0.6 is 11.6 Å². The fourth-order valence-electron chi connectivity index (χ4n) is 2.98. The van der Waals surface area contributed by atoms with Crippen molar-refractivity contribution >= 4 is 23.5 Å². The van der Waals surface area contributed by atoms with Crippen molar-refractivity contribution in [2.75, 3.05) is 0 Å². The Morgan fingerprint density at radius 2 is 2.04 bits per heavy atom. The lowest BCUT2D eigenvalue weighted by Crippen LogP contribution is -2.47. The molecule has 1 fully saturated rings. The Balaban J connectivity index is 1.91. The molecule has 5 heteroatoms. The third-order valence-corrected chi connectivity index (χ3v) is 4.98. The summed E-state index contributed by atoms with van der Waals surface area (Å²) in [5, 5.41) is 3.48. The summed E-state index contributed by atoms with van der Waals surface area (Å²) in [5.74, 6) is 0.244. The average molecular weight is 338 g/mol. The summed E-state index contributed by atoms with van der Waals surface area (Å²) >= 11 is 5.86. The Labute approximate surface area is 142 Å². The number of carbonyl (C=O) groups is 2. The Kier molecular flexibility index (Phi) is 6.05. The molecule has 0 aliphatic heterocycles. The number of amides is 1. The number of carbonyl (C=O) groups excluding carboxylic acids is 2. The van der Waals surface area contributed by atoms with Crippen LogP contribution < -0.4 is 5.32 Å². The first kappa shape index (κ1) is 17.8. The molecule has 1 saturated carbocycles. The van der Waals surface area contributed by atoms with E-state index in [1.165, 1.54) is 12.5 Å². The molecule has 23 heavy (non-hydrogen) atoms. The van der Waals surface area contributed by atoms with Gasteiger partial charge < -0.3 is 10.1 Å². The van der Waals surface area contributed by atoms with E-state index in [-0.39, 0.29) is 11.9 Å². The third kappa shape index (κ3) is 4.71. The zero-order valence-corrected chi connectivity index (χ0v) is 14.6. The minimum atomic E-state index is -0.828. The van der Waals surface area contributed by atoms with Gasteiger partial charge in [-0.15, -0.1) is 0 Å². The van der Waals surface area contributed by atoms with Gasteiger partial charge in [0.05, 0.1) is 5.56 Å². The number of hydrogen-bond acceptors (Lipinski definition) is 3. The zero-order valence-electron chi connectivity index (χ0n) is 13.8. The van der Waals surface area contributed by atoms with Gasteiger partial charge in [0.15, 0.2) is 6.10 Å². The number of benzene rings is 1. The molecule has 1 aliphatic rings. The van der Waals surface area contributed by atoms with Crippen LogP contribution in [0.4, 0.5) is 0 Å². The van der Waals surface area contributed by atoms with E-state index in [1.807, 2.05) is 0 Å². The van der Waals surface area contributed by atoms with Crippen LogP contribution in [0, 0.1) is 11.8 Å². The van der Waals surface area contributed by atoms with E-state index < -0.39 is 12.1 Å². The third-order valence-electron chi connectivity index (χ3n) is 4.75. The van der Waals surface area contributed by atoms with Crippen LogP contribution in [0.25, 0.3) is 0 Å². The first-order valence-corrected chi connectivity index (χ1v) is 8.53. The van der Waals surface area contributed by atoms with E-state index >= 15 is 0 Å². The van der Waals surface area contributed by atoms with Crippen molar-refractivity contribution < 1.29 is 14.3 Å². The minimum Gasteiger partial charge on any atom is -0.449 e. The highest BCUT2D eigenvalue weighted by molar-refractivity contribution is 6.30. The predicted octanol–water partition coefficient (Wildman–Crippen LogP) is 3.83. The van der Waals surface area contributed by atoms with E-state index in [0.29, 0.717) is 22.4 Å². The Morgan fingerprint density at radius 1 is 1.30 bits per heavy atom. The molecule has 0 spiro atoms. The van der Waals surface area contributed by atoms with Crippen LogP contribution in [0.3, 0.4) is 0 Å². The summed E-state index contributed by atoms with van der Waals surface area (Å²) in [4.78, 5) is 24.3. The van der Waals surface area contributed by atoms with Crippen molar-refractivity contribution in [2.24, 2.45) is 11.8 Å². The molecule has 1 N–H and O–H groups in total. The van der Waals surface area contributed by atoms with Gasteiger partial charge in [0.25, 0.3) is 5.91 Å². The van der Waals surface area contributed by atoms with Crippen molar-refractivity contribution in [1.82, 2.24) is 5.32 Å². The molecule has 1 aromatic carbocycles. The smallest absolute Gasteiger partial charge is 0.338 e. The predicted molar refractivity (Wildman–Crippen MR) is 90.4 cm³/mol. The minimum absolute atomic E-state index is 0.151. The van der Waals surface area contributed by atoms with Gasteiger partial charge in [-0.3, -0.25) is 4.79 Å². The molecular formula is C18H24ClNO3. The molecule has 0 heterocycles. The maximum Gasteiger partial charge on any atom is 0.338 e. The van der Waals surface area contributed by atoms with E-state index in [2.05, 4.69) is 19.2 Å². The van der Waals surface area contributed by atoms with E-state index in [0.717, 1.165) is 12.8 Å². The van der Waals surface area contributed by atoms with Crippen molar-refractivity contribution in [2.45, 2.75) is 52.2 Å². The second-order valence-electron chi connectivity index (χ2n) is 6.44. The van der Waals surface area contributed by atoms with Crippen LogP contribution in [0.1, 0.15) is 50.4 Å². The molecule has 1 amide bonds. The summed E-state index contributed by atoms with van der Waals surface area (Å²) in [6, 6.07) is 6.65. The molecular weight excluding hydrogens is 314 g/mol. The highest BCUT2D eigenvalue weighted by atomic mass is 35.5. The molecule has 0 saturated heterocycles. The average Bonchev–Trinajstić information content (AvgIpc) is 2.51. The van der Waals surface area contributed by atoms with Gasteiger partial charge in [-0.2, -0.15) is 0 Å². The quantitative estimate of drug-likeness (QED) is 0.849. The molecule has 4 atom stereocenters. The van der Waals surface area contributed by atoms with Gasteiger partial charge in [0.1, 0.15) is 0 Å². The SMILES string of the molecule is C[C@@H]1[C@H](C)CCC[C@@H]1NC(=O)[C@@H](C)OC(=O)c1cccc(Cl)c1. The lowest BCUT2D eigenvalue weighted by Gasteiger charge is -2.35. The molecule has 0 bridgehead atoms. The Hall–Kier alpha value is -1.55. The van der Waals surface area contributed by atoms with E-state index in [9.17, 15) is 9.59 Å². The second kappa shape index (κ2) is 7.82. The summed E-state index contributed by atoms with van der Waals surface area (Å²) in [6.45, 7) is 5.97. The van der Waals surface area contributed by atoms with Gasteiger partial charge in [0.2, 0.25) is 0 Å². The second-order valence-corrected chi connectivity index (χ2v) is 6.88. The molecule has 126 valence electrons. The highest BCUT2D eigenvalue weighted by Crippen LogP contribution is 2.29. The molecule has 1 aromatic rings. The maximum absolute atomic E-state index is 12.3. The zero-order chi connectivity index (χ0) is 17.0. The van der Waals surface area contributed by atoms with Crippen molar-refractivity contribution in [1.29, 1.82) is 0 Å². The first-order chi connectivity index (χ1) is 10.9. The molecule has 0 radical (unpaired) electrons. The van der Waals surface area contributed by atoms with Gasteiger partial charge in [-0.1, -0.05) is 44.4 Å². The summed E-state index contributed by atoms with van der Waals surface area (Å²) in [7, 11) is 0. The van der Waals surface area contributed by atoms with Gasteiger partial charge >= 0.3 is 5.97 Å². The van der Waals surface area contributed by atoms with Gasteiger partial charge in [-0.25, -0.2) is 4.79 Å². The summed E-state index contributed by atoms with van der Waals surface area (Å²) < 4.78 is 5.25. The number of hydrogen-bond donors (Lipinski definition) is 1.